The lowest BCUT2D eigenvalue weighted by Crippen LogP contribution is -2.53. The molecule has 0 aromatic heterocycles. The second kappa shape index (κ2) is 10.1. The summed E-state index contributed by atoms with van der Waals surface area (Å²) >= 11 is 0. The van der Waals surface area contributed by atoms with Crippen LogP contribution >= 0.6 is 0 Å². The zero-order chi connectivity index (χ0) is 20.8. The molecule has 29 heavy (non-hydrogen) atoms. The number of rotatable bonds is 7. The number of hydrogen-bond acceptors (Lipinski definition) is 3. The van der Waals surface area contributed by atoms with Gasteiger partial charge in [-0.25, -0.2) is 4.99 Å². The SMILES string of the molecule is CCC(C)NC(=NCC(=O)N(C)C)NC1CC2CCC(C1)N2Cc1ccccc1. The number of guanidine groups is 1. The summed E-state index contributed by atoms with van der Waals surface area (Å²) in [5.41, 5.74) is 1.40. The molecule has 2 fully saturated rings. The highest BCUT2D eigenvalue weighted by Gasteiger charge is 2.40. The number of amides is 1. The van der Waals surface area contributed by atoms with E-state index < -0.39 is 0 Å². The Morgan fingerprint density at radius 1 is 1.21 bits per heavy atom. The minimum atomic E-state index is 0.0213. The van der Waals surface area contributed by atoms with Gasteiger partial charge in [0.15, 0.2) is 5.96 Å². The average molecular weight is 400 g/mol. The number of carbonyl (C=O) groups excluding carboxylic acids is 1. The average Bonchev–Trinajstić information content (AvgIpc) is 2.94. The first kappa shape index (κ1) is 21.6. The van der Waals surface area contributed by atoms with E-state index >= 15 is 0 Å². The van der Waals surface area contributed by atoms with E-state index in [0.29, 0.717) is 24.2 Å². The van der Waals surface area contributed by atoms with Crippen LogP contribution in [0.15, 0.2) is 35.3 Å². The number of nitrogens with zero attached hydrogens (tertiary/aromatic N) is 3. The quantitative estimate of drug-likeness (QED) is 0.547. The van der Waals surface area contributed by atoms with Gasteiger partial charge in [-0.1, -0.05) is 37.3 Å². The third-order valence-electron chi connectivity index (χ3n) is 6.30. The highest BCUT2D eigenvalue weighted by Crippen LogP contribution is 2.36. The summed E-state index contributed by atoms with van der Waals surface area (Å²) < 4.78 is 0. The summed E-state index contributed by atoms with van der Waals surface area (Å²) in [6.45, 7) is 5.53. The van der Waals surface area contributed by atoms with Crippen LogP contribution in [0.25, 0.3) is 0 Å². The fraction of sp³-hybridized carbons (Fsp3) is 0.652. The molecule has 2 N–H and O–H groups in total. The third kappa shape index (κ3) is 5.95. The lowest BCUT2D eigenvalue weighted by Gasteiger charge is -2.40. The van der Waals surface area contributed by atoms with Crippen LogP contribution in [-0.2, 0) is 11.3 Å². The highest BCUT2D eigenvalue weighted by molar-refractivity contribution is 5.85. The normalized spacial score (nSPS) is 25.5. The third-order valence-corrected chi connectivity index (χ3v) is 6.30. The number of nitrogens with one attached hydrogen (secondary N) is 2. The zero-order valence-electron chi connectivity index (χ0n) is 18.4. The molecule has 3 unspecified atom stereocenters. The minimum absolute atomic E-state index is 0.0213. The molecule has 3 atom stereocenters. The van der Waals surface area contributed by atoms with Crippen molar-refractivity contribution in [1.29, 1.82) is 0 Å². The molecule has 6 heteroatoms. The second-order valence-corrected chi connectivity index (χ2v) is 8.76. The highest BCUT2D eigenvalue weighted by atomic mass is 16.2. The number of benzene rings is 1. The monoisotopic (exact) mass is 399 g/mol. The molecule has 3 rings (SSSR count). The van der Waals surface area contributed by atoms with Gasteiger partial charge in [-0.15, -0.1) is 0 Å². The van der Waals surface area contributed by atoms with Gasteiger partial charge in [-0.3, -0.25) is 9.69 Å². The van der Waals surface area contributed by atoms with E-state index in [1.807, 2.05) is 0 Å². The first-order valence-electron chi connectivity index (χ1n) is 11.0. The lowest BCUT2D eigenvalue weighted by atomic mass is 9.96. The van der Waals surface area contributed by atoms with Crippen molar-refractivity contribution >= 4 is 11.9 Å². The minimum Gasteiger partial charge on any atom is -0.354 e. The second-order valence-electron chi connectivity index (χ2n) is 8.76. The molecule has 160 valence electrons. The van der Waals surface area contributed by atoms with Crippen LogP contribution in [0.2, 0.25) is 0 Å². The maximum Gasteiger partial charge on any atom is 0.243 e. The number of fused-ring (bicyclic) bond motifs is 2. The molecule has 2 aliphatic rings. The first-order valence-corrected chi connectivity index (χ1v) is 11.0. The van der Waals surface area contributed by atoms with Crippen molar-refractivity contribution < 1.29 is 4.79 Å². The van der Waals surface area contributed by atoms with Gasteiger partial charge in [0.2, 0.25) is 5.91 Å². The van der Waals surface area contributed by atoms with E-state index in [1.54, 1.807) is 19.0 Å². The van der Waals surface area contributed by atoms with E-state index in [4.69, 9.17) is 0 Å². The summed E-state index contributed by atoms with van der Waals surface area (Å²) in [6, 6.07) is 12.8. The van der Waals surface area contributed by atoms with Crippen molar-refractivity contribution in [3.63, 3.8) is 0 Å². The Morgan fingerprint density at radius 2 is 1.86 bits per heavy atom. The predicted octanol–water partition coefficient (Wildman–Crippen LogP) is 2.60. The summed E-state index contributed by atoms with van der Waals surface area (Å²) in [7, 11) is 3.54. The van der Waals surface area contributed by atoms with Gasteiger partial charge in [0.05, 0.1) is 0 Å². The predicted molar refractivity (Wildman–Crippen MR) is 119 cm³/mol. The Morgan fingerprint density at radius 3 is 2.45 bits per heavy atom. The topological polar surface area (TPSA) is 60.0 Å². The van der Waals surface area contributed by atoms with Gasteiger partial charge in [-0.05, 0) is 44.6 Å². The van der Waals surface area contributed by atoms with Gasteiger partial charge in [0, 0.05) is 44.8 Å². The molecule has 0 aliphatic carbocycles. The van der Waals surface area contributed by atoms with Gasteiger partial charge in [0.1, 0.15) is 6.54 Å². The fourth-order valence-electron chi connectivity index (χ4n) is 4.39. The molecule has 0 saturated carbocycles. The van der Waals surface area contributed by atoms with Crippen molar-refractivity contribution in [3.8, 4) is 0 Å². The summed E-state index contributed by atoms with van der Waals surface area (Å²) in [6.07, 6.45) is 5.83. The van der Waals surface area contributed by atoms with Gasteiger partial charge < -0.3 is 15.5 Å². The number of hydrogen-bond donors (Lipinski definition) is 2. The van der Waals surface area contributed by atoms with E-state index in [0.717, 1.165) is 31.8 Å². The molecular formula is C23H37N5O. The largest absolute Gasteiger partial charge is 0.354 e. The molecule has 2 heterocycles. The van der Waals surface area contributed by atoms with E-state index in [2.05, 4.69) is 64.7 Å². The summed E-state index contributed by atoms with van der Waals surface area (Å²) in [5.74, 6) is 0.795. The maximum absolute atomic E-state index is 12.0. The summed E-state index contributed by atoms with van der Waals surface area (Å²) in [4.78, 5) is 20.8. The number of carbonyl (C=O) groups is 1. The smallest absolute Gasteiger partial charge is 0.243 e. The van der Waals surface area contributed by atoms with Crippen LogP contribution in [0.3, 0.4) is 0 Å². The Labute approximate surface area is 175 Å². The zero-order valence-corrected chi connectivity index (χ0v) is 18.4. The van der Waals surface area contributed by atoms with Crippen molar-refractivity contribution in [2.45, 2.75) is 76.7 Å². The molecular weight excluding hydrogens is 362 g/mol. The summed E-state index contributed by atoms with van der Waals surface area (Å²) in [5, 5.41) is 7.11. The van der Waals surface area contributed by atoms with Gasteiger partial charge >= 0.3 is 0 Å². The Balaban J connectivity index is 1.61. The van der Waals surface area contributed by atoms with Crippen LogP contribution in [0, 0.1) is 0 Å². The van der Waals surface area contributed by atoms with Gasteiger partial charge in [-0.2, -0.15) is 0 Å². The Bertz CT molecular complexity index is 676. The molecule has 1 amide bonds. The van der Waals surface area contributed by atoms with Crippen molar-refractivity contribution in [1.82, 2.24) is 20.4 Å². The number of likely N-dealkylation sites (N-methyl/N-ethyl adjacent to an activating group) is 1. The molecule has 0 spiro atoms. The number of piperidine rings is 1. The Kier molecular flexibility index (Phi) is 7.53. The van der Waals surface area contributed by atoms with Crippen molar-refractivity contribution in [2.75, 3.05) is 20.6 Å². The van der Waals surface area contributed by atoms with Crippen LogP contribution in [0.5, 0.6) is 0 Å². The number of aliphatic imine (C=N–C) groups is 1. The first-order chi connectivity index (χ1) is 14.0. The molecule has 2 bridgehead atoms. The molecule has 1 aromatic rings. The van der Waals surface area contributed by atoms with Crippen LogP contribution in [0.1, 0.15) is 51.5 Å². The standard InChI is InChI=1S/C23H37N5O/c1-5-17(2)25-23(24-15-22(29)27(3)4)26-19-13-20-11-12-21(14-19)28(20)16-18-9-7-6-8-10-18/h6-10,17,19-21H,5,11-16H2,1-4H3,(H2,24,25,26). The fourth-order valence-corrected chi connectivity index (χ4v) is 4.39. The molecule has 0 radical (unpaired) electrons. The van der Waals surface area contributed by atoms with E-state index in [1.165, 1.54) is 18.4 Å². The lowest BCUT2D eigenvalue weighted by molar-refractivity contribution is -0.127. The molecule has 1 aromatic carbocycles. The van der Waals surface area contributed by atoms with Crippen LogP contribution < -0.4 is 10.6 Å². The maximum atomic E-state index is 12.0. The molecule has 2 aliphatic heterocycles. The Hall–Kier alpha value is -2.08. The van der Waals surface area contributed by atoms with E-state index in [-0.39, 0.29) is 12.5 Å². The molecule has 2 saturated heterocycles. The van der Waals surface area contributed by atoms with Crippen LogP contribution in [-0.4, -0.2) is 66.5 Å². The van der Waals surface area contributed by atoms with Crippen LogP contribution in [0.4, 0.5) is 0 Å². The molecule has 6 nitrogen and oxygen atoms in total. The van der Waals surface area contributed by atoms with Crippen molar-refractivity contribution in [3.05, 3.63) is 35.9 Å². The van der Waals surface area contributed by atoms with E-state index in [9.17, 15) is 4.79 Å². The van der Waals surface area contributed by atoms with Gasteiger partial charge in [0.25, 0.3) is 0 Å². The van der Waals surface area contributed by atoms with Crippen molar-refractivity contribution in [2.24, 2.45) is 4.99 Å².